The van der Waals surface area contributed by atoms with Crippen molar-refractivity contribution in [2.45, 2.75) is 6.04 Å². The Hall–Kier alpha value is -1.79. The van der Waals surface area contributed by atoms with E-state index in [4.69, 9.17) is 4.74 Å². The zero-order valence-corrected chi connectivity index (χ0v) is 18.5. The zero-order valence-electron chi connectivity index (χ0n) is 16.9. The van der Waals surface area contributed by atoms with Gasteiger partial charge in [-0.15, -0.1) is 24.8 Å². The van der Waals surface area contributed by atoms with E-state index in [1.807, 2.05) is 24.3 Å². The normalized spacial score (nSPS) is 25.3. The van der Waals surface area contributed by atoms with Crippen LogP contribution in [0.1, 0.15) is 22.0 Å². The molecule has 162 valence electrons. The Kier molecular flexibility index (Phi) is 7.64. The SMILES string of the molecule is Cl.Cl.O=C(c1ccccc1N1CCOCC1)N1C[C@@H]2CNC[C@@H]2[C@H]1c1ccccc1. The molecule has 3 aliphatic rings. The number of amides is 1. The molecule has 2 aromatic rings. The minimum atomic E-state index is 0. The standard InChI is InChI=1S/C23H27N3O2.2ClH/c27-23(19-8-4-5-9-21(19)25-10-12-28-13-11-25)26-16-18-14-24-15-20(18)22(26)17-6-2-1-3-7-17;;/h1-9,18,20,22,24H,10-16H2;2*1H/t18-,20-,22+;;/m0../s1. The van der Waals surface area contributed by atoms with Gasteiger partial charge in [0.1, 0.15) is 0 Å². The molecule has 0 aliphatic carbocycles. The maximum atomic E-state index is 13.8. The zero-order chi connectivity index (χ0) is 18.9. The first kappa shape index (κ1) is 22.9. The summed E-state index contributed by atoms with van der Waals surface area (Å²) < 4.78 is 5.50. The minimum Gasteiger partial charge on any atom is -0.378 e. The number of morpholine rings is 1. The van der Waals surface area contributed by atoms with E-state index < -0.39 is 0 Å². The van der Waals surface area contributed by atoms with Gasteiger partial charge in [0.15, 0.2) is 0 Å². The highest BCUT2D eigenvalue weighted by atomic mass is 35.5. The van der Waals surface area contributed by atoms with Gasteiger partial charge in [-0.1, -0.05) is 42.5 Å². The molecule has 0 saturated carbocycles. The Morgan fingerprint density at radius 1 is 0.933 bits per heavy atom. The van der Waals surface area contributed by atoms with E-state index in [1.165, 1.54) is 5.56 Å². The topological polar surface area (TPSA) is 44.8 Å². The second-order valence-electron chi connectivity index (χ2n) is 8.01. The van der Waals surface area contributed by atoms with Gasteiger partial charge in [0.05, 0.1) is 24.8 Å². The third kappa shape index (κ3) is 4.17. The van der Waals surface area contributed by atoms with Crippen molar-refractivity contribution in [3.63, 3.8) is 0 Å². The smallest absolute Gasteiger partial charge is 0.256 e. The molecule has 3 fully saturated rings. The highest BCUT2D eigenvalue weighted by molar-refractivity contribution is 6.00. The van der Waals surface area contributed by atoms with Crippen molar-refractivity contribution in [2.75, 3.05) is 50.8 Å². The molecule has 5 nitrogen and oxygen atoms in total. The fraction of sp³-hybridized carbons (Fsp3) is 0.435. The molecule has 7 heteroatoms. The van der Waals surface area contributed by atoms with Gasteiger partial charge in [-0.3, -0.25) is 4.79 Å². The van der Waals surface area contributed by atoms with Crippen LogP contribution in [0.3, 0.4) is 0 Å². The van der Waals surface area contributed by atoms with Crippen molar-refractivity contribution in [3.05, 3.63) is 65.7 Å². The lowest BCUT2D eigenvalue weighted by molar-refractivity contribution is 0.0713. The Labute approximate surface area is 190 Å². The van der Waals surface area contributed by atoms with E-state index >= 15 is 0 Å². The van der Waals surface area contributed by atoms with Gasteiger partial charge in [0, 0.05) is 44.3 Å². The Morgan fingerprint density at radius 2 is 1.63 bits per heavy atom. The summed E-state index contributed by atoms with van der Waals surface area (Å²) in [6.07, 6.45) is 0. The van der Waals surface area contributed by atoms with Crippen LogP contribution in [0.25, 0.3) is 0 Å². The molecule has 0 unspecified atom stereocenters. The number of carbonyl (C=O) groups excluding carboxylic acids is 1. The number of benzene rings is 2. The van der Waals surface area contributed by atoms with Crippen molar-refractivity contribution in [1.82, 2.24) is 10.2 Å². The number of halogens is 2. The first-order chi connectivity index (χ1) is 13.8. The molecule has 3 saturated heterocycles. The fourth-order valence-corrected chi connectivity index (χ4v) is 5.10. The highest BCUT2D eigenvalue weighted by Crippen LogP contribution is 2.43. The molecule has 1 amide bonds. The molecule has 0 spiro atoms. The van der Waals surface area contributed by atoms with Crippen LogP contribution in [-0.2, 0) is 4.74 Å². The second kappa shape index (κ2) is 10.0. The van der Waals surface area contributed by atoms with Crippen LogP contribution in [-0.4, -0.2) is 56.7 Å². The molecule has 3 aliphatic heterocycles. The average Bonchev–Trinajstić information content (AvgIpc) is 3.36. The fourth-order valence-electron chi connectivity index (χ4n) is 5.10. The predicted octanol–water partition coefficient (Wildman–Crippen LogP) is 3.40. The summed E-state index contributed by atoms with van der Waals surface area (Å²) in [5.74, 6) is 1.18. The van der Waals surface area contributed by atoms with Crippen LogP contribution >= 0.6 is 24.8 Å². The average molecular weight is 450 g/mol. The van der Waals surface area contributed by atoms with E-state index in [0.717, 1.165) is 44.0 Å². The molecule has 1 N–H and O–H groups in total. The maximum absolute atomic E-state index is 13.8. The van der Waals surface area contributed by atoms with Crippen LogP contribution < -0.4 is 10.2 Å². The van der Waals surface area contributed by atoms with Crippen molar-refractivity contribution < 1.29 is 9.53 Å². The van der Waals surface area contributed by atoms with E-state index in [9.17, 15) is 4.79 Å². The summed E-state index contributed by atoms with van der Waals surface area (Å²) in [4.78, 5) is 18.2. The minimum absolute atomic E-state index is 0. The number of fused-ring (bicyclic) bond motifs is 1. The number of rotatable bonds is 3. The Balaban J connectivity index is 0.00000128. The summed E-state index contributed by atoms with van der Waals surface area (Å²) in [5, 5.41) is 3.53. The summed E-state index contributed by atoms with van der Waals surface area (Å²) >= 11 is 0. The number of nitrogens with zero attached hydrogens (tertiary/aromatic N) is 2. The monoisotopic (exact) mass is 449 g/mol. The van der Waals surface area contributed by atoms with Crippen molar-refractivity contribution >= 4 is 36.4 Å². The quantitative estimate of drug-likeness (QED) is 0.779. The summed E-state index contributed by atoms with van der Waals surface area (Å²) in [6.45, 7) is 5.92. The summed E-state index contributed by atoms with van der Waals surface area (Å²) in [7, 11) is 0. The molecule has 3 atom stereocenters. The Morgan fingerprint density at radius 3 is 2.40 bits per heavy atom. The van der Waals surface area contributed by atoms with Gasteiger partial charge in [-0.05, 0) is 23.6 Å². The number of nitrogens with one attached hydrogen (secondary N) is 1. The first-order valence-electron chi connectivity index (χ1n) is 10.3. The molecule has 5 rings (SSSR count). The number of anilines is 1. The van der Waals surface area contributed by atoms with E-state index in [1.54, 1.807) is 0 Å². The van der Waals surface area contributed by atoms with E-state index in [-0.39, 0.29) is 36.8 Å². The number of hydrogen-bond acceptors (Lipinski definition) is 4. The third-order valence-electron chi connectivity index (χ3n) is 6.45. The number of likely N-dealkylation sites (tertiary alicyclic amines) is 1. The summed E-state index contributed by atoms with van der Waals surface area (Å²) in [6, 6.07) is 18.8. The van der Waals surface area contributed by atoms with Crippen LogP contribution in [0.15, 0.2) is 54.6 Å². The van der Waals surface area contributed by atoms with Gasteiger partial charge in [0.25, 0.3) is 5.91 Å². The number of para-hydroxylation sites is 1. The molecular weight excluding hydrogens is 421 g/mol. The highest BCUT2D eigenvalue weighted by Gasteiger charge is 2.47. The largest absolute Gasteiger partial charge is 0.378 e. The molecule has 0 radical (unpaired) electrons. The van der Waals surface area contributed by atoms with E-state index in [2.05, 4.69) is 45.4 Å². The van der Waals surface area contributed by atoms with Crippen LogP contribution in [0.5, 0.6) is 0 Å². The lowest BCUT2D eigenvalue weighted by atomic mass is 9.89. The van der Waals surface area contributed by atoms with Crippen molar-refractivity contribution in [2.24, 2.45) is 11.8 Å². The van der Waals surface area contributed by atoms with Gasteiger partial charge < -0.3 is 19.9 Å². The van der Waals surface area contributed by atoms with Crippen LogP contribution in [0.4, 0.5) is 5.69 Å². The van der Waals surface area contributed by atoms with Crippen molar-refractivity contribution in [1.29, 1.82) is 0 Å². The van der Waals surface area contributed by atoms with Gasteiger partial charge >= 0.3 is 0 Å². The molecule has 2 aromatic carbocycles. The maximum Gasteiger partial charge on any atom is 0.256 e. The molecular formula is C23H29Cl2N3O2. The van der Waals surface area contributed by atoms with E-state index in [0.29, 0.717) is 25.0 Å². The molecule has 0 aromatic heterocycles. The molecule has 3 heterocycles. The van der Waals surface area contributed by atoms with Crippen LogP contribution in [0, 0.1) is 11.8 Å². The third-order valence-corrected chi connectivity index (χ3v) is 6.45. The number of ether oxygens (including phenoxy) is 1. The number of carbonyl (C=O) groups is 1. The number of hydrogen-bond donors (Lipinski definition) is 1. The van der Waals surface area contributed by atoms with Gasteiger partial charge in [-0.2, -0.15) is 0 Å². The predicted molar refractivity (Wildman–Crippen MR) is 124 cm³/mol. The lowest BCUT2D eigenvalue weighted by Gasteiger charge is -2.33. The van der Waals surface area contributed by atoms with Crippen LogP contribution in [0.2, 0.25) is 0 Å². The summed E-state index contributed by atoms with van der Waals surface area (Å²) in [5.41, 5.74) is 3.10. The lowest BCUT2D eigenvalue weighted by Crippen LogP contribution is -2.39. The Bertz CT molecular complexity index is 845. The van der Waals surface area contributed by atoms with Crippen molar-refractivity contribution in [3.8, 4) is 0 Å². The molecule has 30 heavy (non-hydrogen) atoms. The molecule has 0 bridgehead atoms. The van der Waals surface area contributed by atoms with Gasteiger partial charge in [0.2, 0.25) is 0 Å². The second-order valence-corrected chi connectivity index (χ2v) is 8.01. The van der Waals surface area contributed by atoms with Gasteiger partial charge in [-0.25, -0.2) is 0 Å². The first-order valence-corrected chi connectivity index (χ1v) is 10.3.